The van der Waals surface area contributed by atoms with Crippen molar-refractivity contribution >= 4 is 0 Å². The predicted molar refractivity (Wildman–Crippen MR) is 515 cm³/mol. The number of ether oxygens (including phenoxy) is 3. The molecule has 15 nitrogen and oxygen atoms in total. The molecule has 670 valence electrons. The van der Waals surface area contributed by atoms with E-state index in [2.05, 4.69) is 323 Å². The van der Waals surface area contributed by atoms with Crippen LogP contribution in [-0.4, -0.2) is 57.3 Å². The number of benzene rings is 11. The largest absolute Gasteiger partial charge is 2.00 e. The maximum atomic E-state index is 6.37. The third kappa shape index (κ3) is 20.5. The molecule has 0 saturated carbocycles. The van der Waals surface area contributed by atoms with E-state index in [9.17, 15) is 0 Å². The molecule has 0 saturated heterocycles. The zero-order valence-electron chi connectivity index (χ0n) is 77.8. The van der Waals surface area contributed by atoms with Crippen molar-refractivity contribution in [1.29, 1.82) is 0 Å². The molecular weight excluding hydrogens is 2160 g/mol. The Balaban J connectivity index is 0.000000158. The zero-order chi connectivity index (χ0) is 89.5. The molecular formula is C113H110N12O3Pt3. The Morgan fingerprint density at radius 1 is 0.321 bits per heavy atom. The average Bonchev–Trinajstić information content (AvgIpc) is 1.66. The monoisotopic (exact) mass is 2270 g/mol. The van der Waals surface area contributed by atoms with E-state index in [0.717, 1.165) is 128 Å². The van der Waals surface area contributed by atoms with Gasteiger partial charge in [-0.3, -0.25) is 29.9 Å². The second kappa shape index (κ2) is 40.9. The number of hydrogen-bond acceptors (Lipinski definition) is 9. The van der Waals surface area contributed by atoms with E-state index < -0.39 is 0 Å². The van der Waals surface area contributed by atoms with Gasteiger partial charge in [-0.25, -0.2) is 0 Å². The maximum absolute atomic E-state index is 6.37. The minimum Gasteiger partial charge on any atom is -0.497 e. The van der Waals surface area contributed by atoms with E-state index >= 15 is 0 Å². The van der Waals surface area contributed by atoms with Crippen molar-refractivity contribution in [1.82, 2.24) is 57.3 Å². The Morgan fingerprint density at radius 2 is 0.649 bits per heavy atom. The Labute approximate surface area is 815 Å². The second-order valence-corrected chi connectivity index (χ2v) is 35.9. The van der Waals surface area contributed by atoms with E-state index in [1.807, 2.05) is 109 Å². The Morgan fingerprint density at radius 3 is 1.02 bits per heavy atom. The molecule has 0 amide bonds. The van der Waals surface area contributed by atoms with Gasteiger partial charge in [0, 0.05) is 119 Å². The summed E-state index contributed by atoms with van der Waals surface area (Å²) in [4.78, 5) is 30.2. The molecule has 8 heterocycles. The van der Waals surface area contributed by atoms with Crippen LogP contribution < -0.4 is 14.2 Å². The minimum absolute atomic E-state index is 0. The van der Waals surface area contributed by atoms with Crippen LogP contribution in [-0.2, 0) is 95.9 Å². The Bertz CT molecular complexity index is 6540. The summed E-state index contributed by atoms with van der Waals surface area (Å²) in [5.41, 5.74) is 31.1. The van der Waals surface area contributed by atoms with Gasteiger partial charge in [-0.1, -0.05) is 209 Å². The Hall–Kier alpha value is -11.9. The van der Waals surface area contributed by atoms with E-state index in [0.29, 0.717) is 70.0 Å². The van der Waals surface area contributed by atoms with E-state index in [1.54, 1.807) is 6.20 Å². The van der Waals surface area contributed by atoms with Gasteiger partial charge < -0.3 is 41.6 Å². The van der Waals surface area contributed by atoms with Gasteiger partial charge in [-0.2, -0.15) is 0 Å². The van der Waals surface area contributed by atoms with Gasteiger partial charge in [-0.05, 0) is 164 Å². The molecule has 0 radical (unpaired) electrons. The summed E-state index contributed by atoms with van der Waals surface area (Å²) in [6, 6.07) is 85.2. The van der Waals surface area contributed by atoms with Gasteiger partial charge >= 0.3 is 63.2 Å². The quantitative estimate of drug-likeness (QED) is 0.0919. The molecule has 17 aromatic rings. The van der Waals surface area contributed by atoms with Crippen LogP contribution in [0.15, 0.2) is 238 Å². The molecule has 0 spiro atoms. The molecule has 19 rings (SSSR count). The van der Waals surface area contributed by atoms with Crippen LogP contribution >= 0.6 is 0 Å². The fourth-order valence-electron chi connectivity index (χ4n) is 18.1. The van der Waals surface area contributed by atoms with Crippen LogP contribution in [0.4, 0.5) is 0 Å². The molecule has 0 fully saturated rings. The molecule has 6 aromatic heterocycles. The van der Waals surface area contributed by atoms with Crippen molar-refractivity contribution in [3.05, 3.63) is 364 Å². The summed E-state index contributed by atoms with van der Waals surface area (Å²) in [5, 5.41) is 0. The summed E-state index contributed by atoms with van der Waals surface area (Å²) in [6.45, 7) is 40.0. The molecule has 16 bridgehead atoms. The predicted octanol–water partition coefficient (Wildman–Crippen LogP) is 27.7. The summed E-state index contributed by atoms with van der Waals surface area (Å²) in [7, 11) is 1.96. The molecule has 131 heavy (non-hydrogen) atoms. The first-order valence-corrected chi connectivity index (χ1v) is 44.8. The van der Waals surface area contributed by atoms with Crippen LogP contribution in [0.1, 0.15) is 208 Å². The first kappa shape index (κ1) is 95.2. The van der Waals surface area contributed by atoms with Crippen LogP contribution in [0.5, 0.6) is 34.5 Å². The van der Waals surface area contributed by atoms with E-state index in [4.69, 9.17) is 39.1 Å². The van der Waals surface area contributed by atoms with Crippen LogP contribution in [0.2, 0.25) is 0 Å². The molecule has 0 aliphatic carbocycles. The van der Waals surface area contributed by atoms with E-state index in [1.165, 1.54) is 83.8 Å². The average molecular weight is 2270 g/mol. The molecule has 0 unspecified atom stereocenters. The van der Waals surface area contributed by atoms with Gasteiger partial charge in [0.15, 0.2) is 0 Å². The van der Waals surface area contributed by atoms with Crippen molar-refractivity contribution in [3.8, 4) is 131 Å². The van der Waals surface area contributed by atoms with E-state index in [-0.39, 0.29) is 63.2 Å². The summed E-state index contributed by atoms with van der Waals surface area (Å²) in [5.74, 6) is 10.5. The molecule has 11 aromatic carbocycles. The zero-order valence-corrected chi connectivity index (χ0v) is 84.7. The number of nitrogens with zero attached hydrogens (tertiary/aromatic N) is 12. The van der Waals surface area contributed by atoms with Crippen LogP contribution in [0.3, 0.4) is 0 Å². The second-order valence-electron chi connectivity index (χ2n) is 35.9. The normalized spacial score (nSPS) is 12.0. The SMILES string of the molecule is CC(C)c1cccc(C(C)C)c1-n1cnc(-c2[c-]c(Oc3[c-]c(-c4nccn4C)ccc3)ccc2)c1.Cc1cc(C)c(-n2cc3nc2-c2[c-]c(ccc2)Oc2[c-]c(ccc2)-c2cn(-c4c(C(C)C)cccc4C(C)C)c(n2)CC3)c(C)c1.Cc1cc(C)c(-n2cc3nc2-c2[c-]c(ccc2)Oc2[c-]c(ccc2)-c2cn(-c4c(C(C)C)cccc4C(C)C)c(n2)CC3)c(C)c1.[Pt+2].[Pt+2].[Pt+2]. The fourth-order valence-corrected chi connectivity index (χ4v) is 18.1. The van der Waals surface area contributed by atoms with Gasteiger partial charge in [0.25, 0.3) is 0 Å². The third-order valence-corrected chi connectivity index (χ3v) is 24.0. The number of para-hydroxylation sites is 3. The molecule has 0 N–H and O–H groups in total. The number of aryl methyl sites for hydroxylation is 11. The molecule has 18 heteroatoms. The van der Waals surface area contributed by atoms with Crippen molar-refractivity contribution in [3.63, 3.8) is 0 Å². The van der Waals surface area contributed by atoms with Crippen molar-refractivity contribution < 1.29 is 77.4 Å². The van der Waals surface area contributed by atoms with Crippen molar-refractivity contribution in [2.45, 2.75) is 186 Å². The fraction of sp³-hybridized carbons (Fsp3) is 0.257. The number of aromatic nitrogens is 12. The molecule has 0 atom stereocenters. The third-order valence-electron chi connectivity index (χ3n) is 24.0. The maximum Gasteiger partial charge on any atom is 2.00 e. The van der Waals surface area contributed by atoms with Crippen LogP contribution in [0.25, 0.3) is 96.4 Å². The standard InChI is InChI=1S/2C41H40N4O.C31H30N4O.3Pt/c2*1-25(2)35-15-10-16-36(26(3)4)40(35)44-24-37-30-11-8-13-33(21-30)46-34-14-9-12-31(22-34)41-42-32(17-18-38(44)43-37)23-45(41)39-28(6)19-27(5)20-29(39)7;1-21(2)27-13-8-14-28(22(3)4)30(27)35-19-29(33-20-35)23-9-6-11-25(17-23)36-26-12-7-10-24(18-26)31-32-15-16-34(31)5;;;/h2*8-16,19-20,23-26H,17-18H2,1-7H3;6-16,19-22H,1-5H3;;;/q3*-2;3*+2. The van der Waals surface area contributed by atoms with Gasteiger partial charge in [0.1, 0.15) is 11.6 Å². The van der Waals surface area contributed by atoms with Crippen LogP contribution in [0, 0.1) is 77.9 Å². The van der Waals surface area contributed by atoms with Gasteiger partial charge in [0.2, 0.25) is 0 Å². The Kier molecular flexibility index (Phi) is 29.7. The molecule has 2 aliphatic rings. The molecule has 2 aliphatic heterocycles. The first-order chi connectivity index (χ1) is 61.7. The van der Waals surface area contributed by atoms with Crippen molar-refractivity contribution in [2.75, 3.05) is 0 Å². The first-order valence-electron chi connectivity index (χ1n) is 44.8. The summed E-state index contributed by atoms with van der Waals surface area (Å²) in [6.07, 6.45) is 19.3. The van der Waals surface area contributed by atoms with Crippen molar-refractivity contribution in [2.24, 2.45) is 7.05 Å². The minimum atomic E-state index is 0. The number of rotatable bonds is 15. The number of imidazole rings is 6. The van der Waals surface area contributed by atoms with Gasteiger partial charge in [0.05, 0.1) is 40.9 Å². The smallest absolute Gasteiger partial charge is 0.497 e. The summed E-state index contributed by atoms with van der Waals surface area (Å²) < 4.78 is 32.1. The summed E-state index contributed by atoms with van der Waals surface area (Å²) >= 11 is 0. The van der Waals surface area contributed by atoms with Gasteiger partial charge in [-0.15, -0.1) is 143 Å². The number of fused-ring (bicyclic) bond motifs is 20. The topological polar surface area (TPSA) is 135 Å². The number of hydrogen-bond donors (Lipinski definition) is 0.